The van der Waals surface area contributed by atoms with Gasteiger partial charge in [0.15, 0.2) is 0 Å². The van der Waals surface area contributed by atoms with Crippen molar-refractivity contribution in [3.8, 4) is 0 Å². The van der Waals surface area contributed by atoms with E-state index in [1.54, 1.807) is 0 Å². The quantitative estimate of drug-likeness (QED) is 0.798. The summed E-state index contributed by atoms with van der Waals surface area (Å²) >= 11 is 0. The van der Waals surface area contributed by atoms with E-state index in [-0.39, 0.29) is 5.60 Å². The van der Waals surface area contributed by atoms with Crippen molar-refractivity contribution in [3.63, 3.8) is 0 Å². The SMILES string of the molecule is CNC[C@H]1CC[C@H]2[C@@H]3CC[C@@H]4C[C@](C)(O)CC[C@@H]4[C@H]3CC[C@]12C. The predicted octanol–water partition coefficient (Wildman–Crippen LogP) is 4.23. The Morgan fingerprint density at radius 2 is 1.70 bits per heavy atom. The summed E-state index contributed by atoms with van der Waals surface area (Å²) in [5.74, 6) is 5.63. The van der Waals surface area contributed by atoms with Crippen molar-refractivity contribution in [1.29, 1.82) is 0 Å². The molecule has 0 aromatic carbocycles. The van der Waals surface area contributed by atoms with E-state index in [9.17, 15) is 5.11 Å². The Morgan fingerprint density at radius 1 is 0.913 bits per heavy atom. The number of nitrogens with one attached hydrogen (secondary N) is 1. The molecule has 4 rings (SSSR count). The summed E-state index contributed by atoms with van der Waals surface area (Å²) in [4.78, 5) is 0. The third kappa shape index (κ3) is 2.59. The van der Waals surface area contributed by atoms with Gasteiger partial charge in [-0.25, -0.2) is 0 Å². The molecule has 2 heteroatoms. The van der Waals surface area contributed by atoms with E-state index in [0.29, 0.717) is 5.41 Å². The fourth-order valence-electron chi connectivity index (χ4n) is 7.77. The van der Waals surface area contributed by atoms with Crippen LogP contribution in [0.3, 0.4) is 0 Å². The lowest BCUT2D eigenvalue weighted by Crippen LogP contribution is -2.51. The molecule has 0 spiro atoms. The van der Waals surface area contributed by atoms with Crippen molar-refractivity contribution in [2.24, 2.45) is 40.9 Å². The second kappa shape index (κ2) is 5.73. The van der Waals surface area contributed by atoms with Crippen molar-refractivity contribution in [3.05, 3.63) is 0 Å². The number of hydrogen-bond acceptors (Lipinski definition) is 2. The van der Waals surface area contributed by atoms with Crippen LogP contribution in [0.1, 0.15) is 71.6 Å². The van der Waals surface area contributed by atoms with Crippen LogP contribution >= 0.6 is 0 Å². The van der Waals surface area contributed by atoms with E-state index in [1.807, 2.05) is 0 Å². The largest absolute Gasteiger partial charge is 0.390 e. The molecule has 4 aliphatic rings. The molecular weight excluding hydrogens is 282 g/mol. The Hall–Kier alpha value is -0.0800. The molecule has 0 heterocycles. The van der Waals surface area contributed by atoms with Gasteiger partial charge in [0, 0.05) is 0 Å². The van der Waals surface area contributed by atoms with Crippen LogP contribution in [0.4, 0.5) is 0 Å². The maximum atomic E-state index is 10.5. The minimum atomic E-state index is -0.373. The molecule has 2 nitrogen and oxygen atoms in total. The van der Waals surface area contributed by atoms with Gasteiger partial charge in [0.1, 0.15) is 0 Å². The molecule has 0 radical (unpaired) electrons. The zero-order valence-electron chi connectivity index (χ0n) is 15.5. The van der Waals surface area contributed by atoms with Crippen LogP contribution in [0.25, 0.3) is 0 Å². The van der Waals surface area contributed by atoms with Crippen LogP contribution in [0, 0.1) is 40.9 Å². The van der Waals surface area contributed by atoms with Crippen LogP contribution in [-0.4, -0.2) is 24.3 Å². The van der Waals surface area contributed by atoms with Gasteiger partial charge in [-0.2, -0.15) is 0 Å². The van der Waals surface area contributed by atoms with Crippen LogP contribution in [-0.2, 0) is 0 Å². The van der Waals surface area contributed by atoms with Gasteiger partial charge in [-0.1, -0.05) is 6.92 Å². The highest BCUT2D eigenvalue weighted by Gasteiger charge is 2.57. The molecule has 4 fully saturated rings. The van der Waals surface area contributed by atoms with Gasteiger partial charge < -0.3 is 10.4 Å². The number of rotatable bonds is 2. The monoisotopic (exact) mass is 319 g/mol. The fraction of sp³-hybridized carbons (Fsp3) is 1.00. The van der Waals surface area contributed by atoms with Gasteiger partial charge in [-0.05, 0) is 119 Å². The molecule has 0 aromatic rings. The second-order valence-corrected chi connectivity index (χ2v) is 10.1. The Morgan fingerprint density at radius 3 is 2.48 bits per heavy atom. The van der Waals surface area contributed by atoms with Gasteiger partial charge >= 0.3 is 0 Å². The molecule has 2 N–H and O–H groups in total. The molecule has 4 saturated carbocycles. The van der Waals surface area contributed by atoms with Gasteiger partial charge in [0.2, 0.25) is 0 Å². The van der Waals surface area contributed by atoms with Gasteiger partial charge in [-0.3, -0.25) is 0 Å². The van der Waals surface area contributed by atoms with E-state index in [2.05, 4.69) is 26.2 Å². The van der Waals surface area contributed by atoms with E-state index < -0.39 is 0 Å². The fourth-order valence-corrected chi connectivity index (χ4v) is 7.77. The van der Waals surface area contributed by atoms with Crippen molar-refractivity contribution in [1.82, 2.24) is 5.32 Å². The first-order valence-electron chi connectivity index (χ1n) is 10.3. The first-order chi connectivity index (χ1) is 10.9. The maximum Gasteiger partial charge on any atom is 0.0622 e. The zero-order valence-corrected chi connectivity index (χ0v) is 15.5. The van der Waals surface area contributed by atoms with Crippen LogP contribution in [0.15, 0.2) is 0 Å². The Balaban J connectivity index is 1.52. The Bertz CT molecular complexity index is 447. The normalized spacial score (nSPS) is 55.8. The summed E-state index contributed by atoms with van der Waals surface area (Å²) in [6.07, 6.45) is 12.1. The number of aliphatic hydroxyl groups is 1. The number of fused-ring (bicyclic) bond motifs is 5. The molecule has 23 heavy (non-hydrogen) atoms. The first kappa shape index (κ1) is 16.4. The molecule has 4 aliphatic carbocycles. The molecule has 0 bridgehead atoms. The average Bonchev–Trinajstić information content (AvgIpc) is 2.83. The summed E-state index contributed by atoms with van der Waals surface area (Å²) in [6, 6.07) is 0. The average molecular weight is 320 g/mol. The highest BCUT2D eigenvalue weighted by Crippen LogP contribution is 2.64. The lowest BCUT2D eigenvalue weighted by atomic mass is 9.49. The van der Waals surface area contributed by atoms with Crippen LogP contribution < -0.4 is 5.32 Å². The summed E-state index contributed by atoms with van der Waals surface area (Å²) < 4.78 is 0. The lowest BCUT2D eigenvalue weighted by molar-refractivity contribution is -0.0993. The predicted molar refractivity (Wildman–Crippen MR) is 95.2 cm³/mol. The summed E-state index contributed by atoms with van der Waals surface area (Å²) in [7, 11) is 2.13. The highest BCUT2D eigenvalue weighted by atomic mass is 16.3. The zero-order chi connectivity index (χ0) is 16.2. The molecule has 0 aliphatic heterocycles. The molecular formula is C21H37NO. The highest BCUT2D eigenvalue weighted by molar-refractivity contribution is 5.06. The van der Waals surface area contributed by atoms with Crippen molar-refractivity contribution >= 4 is 0 Å². The third-order valence-electron chi connectivity index (χ3n) is 8.88. The third-order valence-corrected chi connectivity index (χ3v) is 8.88. The maximum absolute atomic E-state index is 10.5. The minimum absolute atomic E-state index is 0.373. The van der Waals surface area contributed by atoms with Crippen LogP contribution in [0.5, 0.6) is 0 Å². The molecule has 8 atom stereocenters. The molecule has 0 unspecified atom stereocenters. The summed E-state index contributed by atoms with van der Waals surface area (Å²) in [5, 5.41) is 14.0. The molecule has 0 aromatic heterocycles. The van der Waals surface area contributed by atoms with Gasteiger partial charge in [0.05, 0.1) is 5.60 Å². The summed E-state index contributed by atoms with van der Waals surface area (Å²) in [5.41, 5.74) is 0.236. The van der Waals surface area contributed by atoms with E-state index in [4.69, 9.17) is 0 Å². The van der Waals surface area contributed by atoms with Gasteiger partial charge in [0.25, 0.3) is 0 Å². The Kier molecular flexibility index (Phi) is 4.08. The standard InChI is InChI=1S/C21H37NO/c1-20(23)10-8-16-14(12-20)4-6-18-17(16)9-11-21(2)15(13-22-3)5-7-19(18)21/h14-19,22-23H,4-13H2,1-3H3/t14-,15-,16+,17-,18-,19+,20-,21-/m1/s1. The van der Waals surface area contributed by atoms with Crippen molar-refractivity contribution < 1.29 is 5.11 Å². The van der Waals surface area contributed by atoms with Crippen molar-refractivity contribution in [2.45, 2.75) is 77.2 Å². The second-order valence-electron chi connectivity index (χ2n) is 10.1. The van der Waals surface area contributed by atoms with E-state index in [1.165, 1.54) is 51.5 Å². The molecule has 0 saturated heterocycles. The van der Waals surface area contributed by atoms with Crippen molar-refractivity contribution in [2.75, 3.05) is 13.6 Å². The van der Waals surface area contributed by atoms with E-state index in [0.717, 1.165) is 48.3 Å². The first-order valence-corrected chi connectivity index (χ1v) is 10.3. The van der Waals surface area contributed by atoms with Crippen LogP contribution in [0.2, 0.25) is 0 Å². The molecule has 132 valence electrons. The topological polar surface area (TPSA) is 32.3 Å². The smallest absolute Gasteiger partial charge is 0.0622 e. The minimum Gasteiger partial charge on any atom is -0.390 e. The molecule has 0 amide bonds. The number of hydrogen-bond donors (Lipinski definition) is 2. The van der Waals surface area contributed by atoms with E-state index >= 15 is 0 Å². The lowest BCUT2D eigenvalue weighted by Gasteiger charge is -2.57. The van der Waals surface area contributed by atoms with Gasteiger partial charge in [-0.15, -0.1) is 0 Å². The summed E-state index contributed by atoms with van der Waals surface area (Å²) in [6.45, 7) is 5.92. The Labute approximate surface area is 142 Å².